The van der Waals surface area contributed by atoms with Gasteiger partial charge in [-0.2, -0.15) is 0 Å². The first-order chi connectivity index (χ1) is 13.9. The Bertz CT molecular complexity index is 875. The molecule has 0 fully saturated rings. The van der Waals surface area contributed by atoms with E-state index in [-0.39, 0.29) is 5.92 Å². The Labute approximate surface area is 174 Å². The van der Waals surface area contributed by atoms with Gasteiger partial charge in [-0.05, 0) is 56.3 Å². The van der Waals surface area contributed by atoms with Crippen LogP contribution in [0, 0.1) is 5.92 Å². The van der Waals surface area contributed by atoms with Gasteiger partial charge in [0.15, 0.2) is 0 Å². The van der Waals surface area contributed by atoms with Crippen LogP contribution in [0.1, 0.15) is 23.6 Å². The van der Waals surface area contributed by atoms with E-state index in [0.29, 0.717) is 6.61 Å². The third-order valence-electron chi connectivity index (χ3n) is 5.37. The van der Waals surface area contributed by atoms with E-state index in [0.717, 1.165) is 29.8 Å². The van der Waals surface area contributed by atoms with Crippen molar-refractivity contribution in [3.05, 3.63) is 102 Å². The molecular weight excluding hydrogens is 358 g/mol. The molecule has 3 nitrogen and oxygen atoms in total. The van der Waals surface area contributed by atoms with E-state index in [9.17, 15) is 5.11 Å². The second-order valence-electron chi connectivity index (χ2n) is 8.10. The molecule has 3 rings (SSSR count). The second-order valence-corrected chi connectivity index (χ2v) is 8.10. The topological polar surface area (TPSA) is 32.7 Å². The van der Waals surface area contributed by atoms with E-state index in [1.165, 1.54) is 5.56 Å². The van der Waals surface area contributed by atoms with Gasteiger partial charge in [0.1, 0.15) is 12.4 Å². The first kappa shape index (κ1) is 21.1. The third-order valence-corrected chi connectivity index (χ3v) is 5.37. The maximum atomic E-state index is 11.6. The van der Waals surface area contributed by atoms with Crippen molar-refractivity contribution in [1.82, 2.24) is 4.90 Å². The lowest BCUT2D eigenvalue weighted by Gasteiger charge is -2.35. The molecule has 0 aliphatic carbocycles. The van der Waals surface area contributed by atoms with E-state index >= 15 is 0 Å². The summed E-state index contributed by atoms with van der Waals surface area (Å²) >= 11 is 0. The van der Waals surface area contributed by atoms with E-state index in [1.807, 2.05) is 81.7 Å². The normalized spacial score (nSPS) is 14.4. The minimum atomic E-state index is -0.980. The van der Waals surface area contributed by atoms with Gasteiger partial charge in [0.2, 0.25) is 0 Å². The van der Waals surface area contributed by atoms with Gasteiger partial charge >= 0.3 is 0 Å². The fraction of sp³-hybridized carbons (Fsp3) is 0.308. The number of hydrogen-bond acceptors (Lipinski definition) is 3. The molecular formula is C26H31NO2. The monoisotopic (exact) mass is 389 g/mol. The third kappa shape index (κ3) is 5.93. The minimum Gasteiger partial charge on any atom is -0.489 e. The Balaban J connectivity index is 1.79. The molecule has 0 spiro atoms. The number of nitrogens with zero attached hydrogens (tertiary/aromatic N) is 1. The molecule has 0 aromatic heterocycles. The van der Waals surface area contributed by atoms with Crippen molar-refractivity contribution in [3.63, 3.8) is 0 Å². The molecule has 3 aromatic carbocycles. The highest BCUT2D eigenvalue weighted by Crippen LogP contribution is 2.34. The van der Waals surface area contributed by atoms with Crippen LogP contribution in [0.15, 0.2) is 84.9 Å². The smallest absolute Gasteiger partial charge is 0.120 e. The molecule has 0 bridgehead atoms. The summed E-state index contributed by atoms with van der Waals surface area (Å²) in [5.41, 5.74) is 2.26. The van der Waals surface area contributed by atoms with Crippen LogP contribution in [0.5, 0.6) is 5.75 Å². The van der Waals surface area contributed by atoms with Crippen molar-refractivity contribution in [2.24, 2.45) is 5.92 Å². The van der Waals surface area contributed by atoms with Crippen molar-refractivity contribution in [1.29, 1.82) is 0 Å². The maximum Gasteiger partial charge on any atom is 0.120 e. The van der Waals surface area contributed by atoms with Crippen LogP contribution in [0.3, 0.4) is 0 Å². The van der Waals surface area contributed by atoms with Crippen LogP contribution < -0.4 is 4.74 Å². The number of aliphatic hydroxyl groups is 1. The summed E-state index contributed by atoms with van der Waals surface area (Å²) in [5.74, 6) is 0.819. The van der Waals surface area contributed by atoms with Crippen LogP contribution in [0.2, 0.25) is 0 Å². The number of ether oxygens (including phenoxy) is 1. The summed E-state index contributed by atoms with van der Waals surface area (Å²) in [7, 11) is 4.10. The highest BCUT2D eigenvalue weighted by atomic mass is 16.5. The van der Waals surface area contributed by atoms with E-state index in [2.05, 4.69) is 29.2 Å². The maximum absolute atomic E-state index is 11.6. The number of benzene rings is 3. The lowest BCUT2D eigenvalue weighted by atomic mass is 9.79. The van der Waals surface area contributed by atoms with E-state index in [4.69, 9.17) is 4.74 Å². The van der Waals surface area contributed by atoms with Gasteiger partial charge in [0, 0.05) is 12.5 Å². The molecule has 152 valence electrons. The van der Waals surface area contributed by atoms with Crippen LogP contribution >= 0.6 is 0 Å². The molecule has 29 heavy (non-hydrogen) atoms. The standard InChI is InChI=1S/C26H31NO2/c1-26(28,24(19-27(2)3)17-21-11-6-4-7-12-21)23-15-10-16-25(18-23)29-20-22-13-8-5-9-14-22/h4-16,18,24,28H,17,19-20H2,1-3H3. The highest BCUT2D eigenvalue weighted by molar-refractivity contribution is 5.33. The van der Waals surface area contributed by atoms with Gasteiger partial charge in [-0.25, -0.2) is 0 Å². The van der Waals surface area contributed by atoms with Crippen LogP contribution in [0.25, 0.3) is 0 Å². The zero-order chi connectivity index (χ0) is 20.7. The molecule has 0 aliphatic heterocycles. The van der Waals surface area contributed by atoms with Crippen molar-refractivity contribution < 1.29 is 9.84 Å². The second kappa shape index (κ2) is 9.73. The lowest BCUT2D eigenvalue weighted by molar-refractivity contribution is -0.0159. The van der Waals surface area contributed by atoms with Crippen LogP contribution in [0.4, 0.5) is 0 Å². The Morgan fingerprint density at radius 3 is 2.10 bits per heavy atom. The molecule has 2 unspecified atom stereocenters. The Morgan fingerprint density at radius 2 is 1.48 bits per heavy atom. The average Bonchev–Trinajstić information content (AvgIpc) is 2.73. The largest absolute Gasteiger partial charge is 0.489 e. The van der Waals surface area contributed by atoms with Crippen molar-refractivity contribution >= 4 is 0 Å². The van der Waals surface area contributed by atoms with Crippen molar-refractivity contribution in [3.8, 4) is 5.75 Å². The Hall–Kier alpha value is -2.62. The van der Waals surface area contributed by atoms with Gasteiger partial charge in [0.05, 0.1) is 5.60 Å². The van der Waals surface area contributed by atoms with Gasteiger partial charge in [-0.3, -0.25) is 0 Å². The lowest BCUT2D eigenvalue weighted by Crippen LogP contribution is -2.39. The summed E-state index contributed by atoms with van der Waals surface area (Å²) in [5, 5.41) is 11.6. The average molecular weight is 390 g/mol. The first-order valence-electron chi connectivity index (χ1n) is 10.1. The molecule has 0 aliphatic rings. The summed E-state index contributed by atoms with van der Waals surface area (Å²) < 4.78 is 5.99. The van der Waals surface area contributed by atoms with Crippen LogP contribution in [-0.2, 0) is 18.6 Å². The van der Waals surface area contributed by atoms with Gasteiger partial charge in [0.25, 0.3) is 0 Å². The summed E-state index contributed by atoms with van der Waals surface area (Å²) in [6.45, 7) is 3.22. The summed E-state index contributed by atoms with van der Waals surface area (Å²) in [6.07, 6.45) is 0.807. The molecule has 0 saturated heterocycles. The molecule has 2 atom stereocenters. The van der Waals surface area contributed by atoms with Gasteiger partial charge in [-0.15, -0.1) is 0 Å². The molecule has 0 heterocycles. The van der Waals surface area contributed by atoms with Gasteiger partial charge in [-0.1, -0.05) is 72.8 Å². The Morgan fingerprint density at radius 1 is 0.862 bits per heavy atom. The first-order valence-corrected chi connectivity index (χ1v) is 10.1. The zero-order valence-electron chi connectivity index (χ0n) is 17.6. The molecule has 0 radical (unpaired) electrons. The molecule has 0 saturated carbocycles. The predicted molar refractivity (Wildman–Crippen MR) is 119 cm³/mol. The predicted octanol–water partition coefficient (Wildman–Crippen LogP) is 4.89. The SMILES string of the molecule is CN(C)CC(Cc1ccccc1)C(C)(O)c1cccc(OCc2ccccc2)c1. The Kier molecular flexibility index (Phi) is 7.08. The van der Waals surface area contributed by atoms with Gasteiger partial charge < -0.3 is 14.7 Å². The quantitative estimate of drug-likeness (QED) is 0.565. The molecule has 0 amide bonds. The fourth-order valence-electron chi connectivity index (χ4n) is 3.66. The fourth-order valence-corrected chi connectivity index (χ4v) is 3.66. The summed E-state index contributed by atoms with van der Waals surface area (Å²) in [6, 6.07) is 28.3. The van der Waals surface area contributed by atoms with Crippen molar-refractivity contribution in [2.45, 2.75) is 25.6 Å². The highest BCUT2D eigenvalue weighted by Gasteiger charge is 2.34. The molecule has 3 aromatic rings. The van der Waals surface area contributed by atoms with Crippen LogP contribution in [-0.4, -0.2) is 30.6 Å². The van der Waals surface area contributed by atoms with Crippen molar-refractivity contribution in [2.75, 3.05) is 20.6 Å². The summed E-state index contributed by atoms with van der Waals surface area (Å²) in [4.78, 5) is 2.14. The number of rotatable bonds is 9. The van der Waals surface area contributed by atoms with E-state index in [1.54, 1.807) is 0 Å². The number of hydrogen-bond donors (Lipinski definition) is 1. The zero-order valence-corrected chi connectivity index (χ0v) is 17.6. The van der Waals surface area contributed by atoms with E-state index < -0.39 is 5.60 Å². The molecule has 3 heteroatoms. The minimum absolute atomic E-state index is 0.0456. The molecule has 1 N–H and O–H groups in total.